The average molecular weight is 262 g/mol. The van der Waals surface area contributed by atoms with E-state index < -0.39 is 0 Å². The van der Waals surface area contributed by atoms with Crippen molar-refractivity contribution in [3.8, 4) is 0 Å². The van der Waals surface area contributed by atoms with Gasteiger partial charge in [-0.05, 0) is 19.5 Å². The van der Waals surface area contributed by atoms with Crippen molar-refractivity contribution in [2.75, 3.05) is 19.4 Å². The smallest absolute Gasteiger partial charge is 0.205 e. The number of nitrogens with zero attached hydrogens (tertiary/aromatic N) is 3. The van der Waals surface area contributed by atoms with Gasteiger partial charge in [0.1, 0.15) is 5.01 Å². The summed E-state index contributed by atoms with van der Waals surface area (Å²) < 4.78 is 0. The molecule has 0 aliphatic heterocycles. The second kappa shape index (κ2) is 5.93. The van der Waals surface area contributed by atoms with E-state index in [9.17, 15) is 0 Å². The van der Waals surface area contributed by atoms with Crippen LogP contribution in [0.2, 0.25) is 0 Å². The van der Waals surface area contributed by atoms with Crippen molar-refractivity contribution in [3.63, 3.8) is 0 Å². The number of aryl methyl sites for hydroxylation is 1. The molecule has 1 heterocycles. The summed E-state index contributed by atoms with van der Waals surface area (Å²) in [6.07, 6.45) is 0. The van der Waals surface area contributed by atoms with E-state index in [1.807, 2.05) is 7.05 Å². The summed E-state index contributed by atoms with van der Waals surface area (Å²) >= 11 is 1.60. The molecule has 0 fully saturated rings. The Bertz CT molecular complexity index is 492. The summed E-state index contributed by atoms with van der Waals surface area (Å²) in [6, 6.07) is 8.64. The van der Waals surface area contributed by atoms with Gasteiger partial charge in [0.05, 0.1) is 6.54 Å². The number of nitrogens with one attached hydrogen (secondary N) is 1. The van der Waals surface area contributed by atoms with Crippen LogP contribution in [0.1, 0.15) is 16.1 Å². The SMILES string of the molecule is CNc1nnc(CN(C)Cc2ccc(C)cc2)s1. The van der Waals surface area contributed by atoms with E-state index in [1.54, 1.807) is 11.3 Å². The minimum absolute atomic E-state index is 0.827. The van der Waals surface area contributed by atoms with Crippen molar-refractivity contribution in [1.82, 2.24) is 15.1 Å². The Labute approximate surface area is 112 Å². The number of anilines is 1. The molecule has 4 nitrogen and oxygen atoms in total. The molecule has 2 aromatic rings. The first-order valence-corrected chi connectivity index (χ1v) is 6.73. The Balaban J connectivity index is 1.91. The van der Waals surface area contributed by atoms with Crippen LogP contribution in [-0.4, -0.2) is 29.2 Å². The summed E-state index contributed by atoms with van der Waals surface area (Å²) in [5.74, 6) is 0. The molecule has 0 aliphatic carbocycles. The molecule has 0 spiro atoms. The molecule has 0 atom stereocenters. The monoisotopic (exact) mass is 262 g/mol. The fourth-order valence-electron chi connectivity index (χ4n) is 1.71. The minimum Gasteiger partial charge on any atom is -0.363 e. The topological polar surface area (TPSA) is 41.1 Å². The highest BCUT2D eigenvalue weighted by atomic mass is 32.1. The first kappa shape index (κ1) is 13.0. The zero-order valence-electron chi connectivity index (χ0n) is 11.0. The summed E-state index contributed by atoms with van der Waals surface area (Å²) in [5.41, 5.74) is 2.62. The highest BCUT2D eigenvalue weighted by Gasteiger charge is 2.06. The van der Waals surface area contributed by atoms with Gasteiger partial charge >= 0.3 is 0 Å². The molecule has 0 bridgehead atoms. The van der Waals surface area contributed by atoms with Crippen LogP contribution in [0.3, 0.4) is 0 Å². The molecule has 1 N–H and O–H groups in total. The molecule has 1 aromatic heterocycles. The van der Waals surface area contributed by atoms with Crippen LogP contribution in [0.5, 0.6) is 0 Å². The summed E-state index contributed by atoms with van der Waals surface area (Å²) in [5, 5.41) is 13.1. The molecule has 0 amide bonds. The van der Waals surface area contributed by atoms with E-state index >= 15 is 0 Å². The molecular formula is C13H18N4S. The van der Waals surface area contributed by atoms with Crippen molar-refractivity contribution in [1.29, 1.82) is 0 Å². The standard InChI is InChI=1S/C13H18N4S/c1-10-4-6-11(7-5-10)8-17(3)9-12-15-16-13(14-2)18-12/h4-7H,8-9H2,1-3H3,(H,14,16). The van der Waals surface area contributed by atoms with E-state index in [0.29, 0.717) is 0 Å². The van der Waals surface area contributed by atoms with E-state index in [4.69, 9.17) is 0 Å². The Morgan fingerprint density at radius 2 is 1.89 bits per heavy atom. The highest BCUT2D eigenvalue weighted by molar-refractivity contribution is 7.15. The fourth-order valence-corrected chi connectivity index (χ4v) is 2.48. The number of hydrogen-bond donors (Lipinski definition) is 1. The molecule has 0 radical (unpaired) electrons. The summed E-state index contributed by atoms with van der Waals surface area (Å²) in [4.78, 5) is 2.24. The van der Waals surface area contributed by atoms with E-state index in [0.717, 1.165) is 23.2 Å². The first-order valence-electron chi connectivity index (χ1n) is 5.91. The fraction of sp³-hybridized carbons (Fsp3) is 0.385. The zero-order valence-corrected chi connectivity index (χ0v) is 11.8. The third-order valence-corrected chi connectivity index (χ3v) is 3.58. The maximum atomic E-state index is 4.15. The molecule has 0 saturated heterocycles. The van der Waals surface area contributed by atoms with E-state index in [-0.39, 0.29) is 0 Å². The van der Waals surface area contributed by atoms with E-state index in [1.165, 1.54) is 11.1 Å². The van der Waals surface area contributed by atoms with E-state index in [2.05, 4.69) is 58.7 Å². The molecule has 96 valence electrons. The lowest BCUT2D eigenvalue weighted by molar-refractivity contribution is 0.317. The number of rotatable bonds is 5. The predicted octanol–water partition coefficient (Wildman–Crippen LogP) is 2.52. The largest absolute Gasteiger partial charge is 0.363 e. The molecule has 1 aromatic carbocycles. The lowest BCUT2D eigenvalue weighted by Crippen LogP contribution is -2.17. The quantitative estimate of drug-likeness (QED) is 0.899. The number of hydrogen-bond acceptors (Lipinski definition) is 5. The van der Waals surface area contributed by atoms with Gasteiger partial charge in [-0.15, -0.1) is 10.2 Å². The number of benzene rings is 1. The third-order valence-electron chi connectivity index (χ3n) is 2.66. The van der Waals surface area contributed by atoms with Gasteiger partial charge < -0.3 is 5.32 Å². The van der Waals surface area contributed by atoms with Crippen LogP contribution in [0, 0.1) is 6.92 Å². The van der Waals surface area contributed by atoms with Crippen molar-refractivity contribution >= 4 is 16.5 Å². The lowest BCUT2D eigenvalue weighted by atomic mass is 10.1. The molecule has 0 aliphatic rings. The maximum absolute atomic E-state index is 4.15. The van der Waals surface area contributed by atoms with Crippen LogP contribution < -0.4 is 5.32 Å². The molecule has 2 rings (SSSR count). The van der Waals surface area contributed by atoms with Gasteiger partial charge in [0.2, 0.25) is 5.13 Å². The van der Waals surface area contributed by atoms with Gasteiger partial charge in [0, 0.05) is 13.6 Å². The van der Waals surface area contributed by atoms with Gasteiger partial charge in [-0.2, -0.15) is 0 Å². The van der Waals surface area contributed by atoms with Gasteiger partial charge in [0.15, 0.2) is 0 Å². The average Bonchev–Trinajstić information content (AvgIpc) is 2.79. The summed E-state index contributed by atoms with van der Waals surface area (Å²) in [6.45, 7) is 3.86. The molecule has 0 saturated carbocycles. The second-order valence-electron chi connectivity index (χ2n) is 4.41. The van der Waals surface area contributed by atoms with Crippen LogP contribution >= 0.6 is 11.3 Å². The maximum Gasteiger partial charge on any atom is 0.205 e. The molecular weight excluding hydrogens is 244 g/mol. The number of aromatic nitrogens is 2. The van der Waals surface area contributed by atoms with Crippen molar-refractivity contribution in [3.05, 3.63) is 40.4 Å². The summed E-state index contributed by atoms with van der Waals surface area (Å²) in [7, 11) is 3.96. The van der Waals surface area contributed by atoms with Crippen LogP contribution in [-0.2, 0) is 13.1 Å². The van der Waals surface area contributed by atoms with Gasteiger partial charge in [-0.1, -0.05) is 41.2 Å². The highest BCUT2D eigenvalue weighted by Crippen LogP contribution is 2.16. The normalized spacial score (nSPS) is 10.9. The lowest BCUT2D eigenvalue weighted by Gasteiger charge is -2.14. The second-order valence-corrected chi connectivity index (χ2v) is 5.47. The molecule has 5 heteroatoms. The van der Waals surface area contributed by atoms with Gasteiger partial charge in [-0.3, -0.25) is 4.90 Å². The van der Waals surface area contributed by atoms with Crippen molar-refractivity contribution in [2.45, 2.75) is 20.0 Å². The molecule has 18 heavy (non-hydrogen) atoms. The first-order chi connectivity index (χ1) is 8.67. The third kappa shape index (κ3) is 3.51. The van der Waals surface area contributed by atoms with Crippen molar-refractivity contribution < 1.29 is 0 Å². The minimum atomic E-state index is 0.827. The zero-order chi connectivity index (χ0) is 13.0. The van der Waals surface area contributed by atoms with Gasteiger partial charge in [0.25, 0.3) is 0 Å². The van der Waals surface area contributed by atoms with Crippen LogP contribution in [0.25, 0.3) is 0 Å². The Kier molecular flexibility index (Phi) is 4.28. The van der Waals surface area contributed by atoms with Crippen LogP contribution in [0.4, 0.5) is 5.13 Å². The van der Waals surface area contributed by atoms with Crippen molar-refractivity contribution in [2.24, 2.45) is 0 Å². The van der Waals surface area contributed by atoms with Crippen LogP contribution in [0.15, 0.2) is 24.3 Å². The predicted molar refractivity (Wildman–Crippen MR) is 75.8 cm³/mol. The Morgan fingerprint density at radius 3 is 2.50 bits per heavy atom. The van der Waals surface area contributed by atoms with Gasteiger partial charge in [-0.25, -0.2) is 0 Å². The molecule has 0 unspecified atom stereocenters. The Hall–Kier alpha value is -1.46. The Morgan fingerprint density at radius 1 is 1.17 bits per heavy atom.